The van der Waals surface area contributed by atoms with Gasteiger partial charge in [0, 0.05) is 12.2 Å². The smallest absolute Gasteiger partial charge is 0.171 e. The molecule has 0 radical (unpaired) electrons. The third kappa shape index (κ3) is 2.12. The lowest BCUT2D eigenvalue weighted by atomic mass is 10.3. The number of nitrogens with zero attached hydrogens (tertiary/aromatic N) is 2. The van der Waals surface area contributed by atoms with Gasteiger partial charge in [0.2, 0.25) is 0 Å². The monoisotopic (exact) mass is 200 g/mol. The molecule has 0 bridgehead atoms. The highest BCUT2D eigenvalue weighted by atomic mass is 32.2. The molecule has 72 valence electrons. The van der Waals surface area contributed by atoms with Gasteiger partial charge in [-0.2, -0.15) is 0 Å². The predicted octanol–water partition coefficient (Wildman–Crippen LogP) is 2.75. The molecule has 1 aliphatic heterocycles. The van der Waals surface area contributed by atoms with Crippen LogP contribution in [0.2, 0.25) is 0 Å². The Morgan fingerprint density at radius 3 is 2.69 bits per heavy atom. The van der Waals surface area contributed by atoms with E-state index >= 15 is 0 Å². The first-order chi connectivity index (χ1) is 6.06. The fourth-order valence-corrected chi connectivity index (χ4v) is 1.51. The van der Waals surface area contributed by atoms with Crippen LogP contribution in [-0.2, 0) is 0 Å². The Kier molecular flexibility index (Phi) is 3.14. The van der Waals surface area contributed by atoms with Crippen molar-refractivity contribution in [2.24, 2.45) is 4.99 Å². The molecule has 0 aliphatic carbocycles. The van der Waals surface area contributed by atoms with Crippen LogP contribution in [0.1, 0.15) is 13.8 Å². The van der Waals surface area contributed by atoms with Gasteiger partial charge < -0.3 is 4.90 Å². The molecule has 13 heavy (non-hydrogen) atoms. The molecule has 0 amide bonds. The molecule has 0 fully saturated rings. The van der Waals surface area contributed by atoms with Gasteiger partial charge >= 0.3 is 0 Å². The summed E-state index contributed by atoms with van der Waals surface area (Å²) in [5.41, 5.74) is 0. The van der Waals surface area contributed by atoms with Crippen LogP contribution in [0.5, 0.6) is 0 Å². The van der Waals surface area contributed by atoms with Crippen LogP contribution in [0.4, 0.5) is 4.39 Å². The van der Waals surface area contributed by atoms with E-state index < -0.39 is 0 Å². The lowest BCUT2D eigenvalue weighted by molar-refractivity contribution is 0.369. The van der Waals surface area contributed by atoms with Crippen LogP contribution >= 0.6 is 11.8 Å². The maximum atomic E-state index is 13.3. The van der Waals surface area contributed by atoms with Crippen LogP contribution in [0.15, 0.2) is 29.4 Å². The van der Waals surface area contributed by atoms with Gasteiger partial charge in [-0.1, -0.05) is 6.58 Å². The van der Waals surface area contributed by atoms with Crippen molar-refractivity contribution in [3.05, 3.63) is 24.4 Å². The molecule has 0 spiro atoms. The summed E-state index contributed by atoms with van der Waals surface area (Å²) in [6.45, 7) is 7.70. The van der Waals surface area contributed by atoms with E-state index in [1.807, 2.05) is 13.8 Å². The minimum Gasteiger partial charge on any atom is -0.328 e. The zero-order valence-corrected chi connectivity index (χ0v) is 8.86. The van der Waals surface area contributed by atoms with Gasteiger partial charge in [-0.05, 0) is 20.1 Å². The number of rotatable bonds is 1. The lowest BCUT2D eigenvalue weighted by Crippen LogP contribution is -2.27. The molecule has 1 aliphatic rings. The van der Waals surface area contributed by atoms with Crippen molar-refractivity contribution in [3.63, 3.8) is 0 Å². The topological polar surface area (TPSA) is 15.6 Å². The minimum atomic E-state index is -0.284. The molecule has 0 saturated heterocycles. The maximum Gasteiger partial charge on any atom is 0.171 e. The Labute approximate surface area is 82.2 Å². The van der Waals surface area contributed by atoms with Crippen molar-refractivity contribution in [1.29, 1.82) is 0 Å². The second kappa shape index (κ2) is 3.96. The van der Waals surface area contributed by atoms with E-state index in [2.05, 4.69) is 11.6 Å². The molecule has 0 N–H and O–H groups in total. The summed E-state index contributed by atoms with van der Waals surface area (Å²) in [5.74, 6) is 0.314. The highest BCUT2D eigenvalue weighted by molar-refractivity contribution is 8.13. The van der Waals surface area contributed by atoms with Crippen LogP contribution in [0.3, 0.4) is 0 Å². The van der Waals surface area contributed by atoms with Crippen LogP contribution in [-0.4, -0.2) is 22.2 Å². The quantitative estimate of drug-likeness (QED) is 0.646. The van der Waals surface area contributed by atoms with Crippen LogP contribution < -0.4 is 0 Å². The second-order valence-electron chi connectivity index (χ2n) is 3.02. The van der Waals surface area contributed by atoms with Gasteiger partial charge in [0.1, 0.15) is 10.9 Å². The maximum absolute atomic E-state index is 13.3. The summed E-state index contributed by atoms with van der Waals surface area (Å²) in [4.78, 5) is 5.77. The van der Waals surface area contributed by atoms with Crippen molar-refractivity contribution < 1.29 is 4.39 Å². The fraction of sp³-hybridized carbons (Fsp3) is 0.444. The first-order valence-corrected chi connectivity index (χ1v) is 5.26. The van der Waals surface area contributed by atoms with Crippen LogP contribution in [0, 0.1) is 0 Å². The Bertz CT molecular complexity index is 281. The molecule has 0 unspecified atom stereocenters. The number of hydrogen-bond donors (Lipinski definition) is 0. The van der Waals surface area contributed by atoms with Crippen molar-refractivity contribution in [1.82, 2.24) is 4.90 Å². The molecule has 0 aromatic carbocycles. The lowest BCUT2D eigenvalue weighted by Gasteiger charge is -2.27. The SMILES string of the molecule is C=C1N=C(SC)C(F)=CN1C(C)C. The molecular formula is C9H13FN2S. The average Bonchev–Trinajstić information content (AvgIpc) is 2.07. The van der Waals surface area contributed by atoms with Crippen molar-refractivity contribution in [2.75, 3.05) is 6.26 Å². The van der Waals surface area contributed by atoms with Crippen molar-refractivity contribution in [2.45, 2.75) is 19.9 Å². The fourth-order valence-electron chi connectivity index (χ4n) is 1.07. The number of halogens is 1. The Hall–Kier alpha value is -0.770. The Balaban J connectivity index is 2.91. The van der Waals surface area contributed by atoms with E-state index in [1.165, 1.54) is 18.0 Å². The van der Waals surface area contributed by atoms with E-state index in [1.54, 1.807) is 11.2 Å². The highest BCUT2D eigenvalue weighted by Gasteiger charge is 2.18. The van der Waals surface area contributed by atoms with E-state index in [4.69, 9.17) is 0 Å². The molecular weight excluding hydrogens is 187 g/mol. The first kappa shape index (κ1) is 10.3. The van der Waals surface area contributed by atoms with Gasteiger partial charge in [0.15, 0.2) is 5.83 Å². The summed E-state index contributed by atoms with van der Waals surface area (Å²) in [6, 6.07) is 0.186. The zero-order valence-electron chi connectivity index (χ0n) is 8.04. The second-order valence-corrected chi connectivity index (χ2v) is 3.81. The molecule has 0 aromatic heterocycles. The number of hydrogen-bond acceptors (Lipinski definition) is 3. The number of aliphatic imine (C=N–C) groups is 1. The van der Waals surface area contributed by atoms with Crippen LogP contribution in [0.25, 0.3) is 0 Å². The first-order valence-electron chi connectivity index (χ1n) is 4.04. The average molecular weight is 200 g/mol. The third-order valence-electron chi connectivity index (χ3n) is 1.74. The zero-order chi connectivity index (χ0) is 10.0. The predicted molar refractivity (Wildman–Crippen MR) is 56.3 cm³/mol. The van der Waals surface area contributed by atoms with E-state index in [0.717, 1.165) is 0 Å². The van der Waals surface area contributed by atoms with Gasteiger partial charge in [0.05, 0.1) is 0 Å². The molecule has 4 heteroatoms. The van der Waals surface area contributed by atoms with Gasteiger partial charge in [0.25, 0.3) is 0 Å². The molecule has 1 rings (SSSR count). The van der Waals surface area contributed by atoms with E-state index in [9.17, 15) is 4.39 Å². The van der Waals surface area contributed by atoms with Crippen molar-refractivity contribution >= 4 is 16.8 Å². The normalized spacial score (nSPS) is 17.6. The molecule has 0 saturated carbocycles. The highest BCUT2D eigenvalue weighted by Crippen LogP contribution is 2.23. The van der Waals surface area contributed by atoms with Crippen molar-refractivity contribution in [3.8, 4) is 0 Å². The summed E-state index contributed by atoms with van der Waals surface area (Å²) < 4.78 is 13.3. The summed E-state index contributed by atoms with van der Waals surface area (Å²) in [7, 11) is 0. The van der Waals surface area contributed by atoms with Gasteiger partial charge in [-0.25, -0.2) is 9.38 Å². The summed E-state index contributed by atoms with van der Waals surface area (Å²) in [6.07, 6.45) is 3.25. The standard InChI is InChI=1S/C9H13FN2S/c1-6(2)12-5-8(10)9(13-4)11-7(12)3/h5-6H,3H2,1-2,4H3. The largest absolute Gasteiger partial charge is 0.328 e. The number of thioether (sulfide) groups is 1. The van der Waals surface area contributed by atoms with Gasteiger partial charge in [-0.3, -0.25) is 0 Å². The summed E-state index contributed by atoms with van der Waals surface area (Å²) in [5, 5.41) is 0.405. The molecule has 0 atom stereocenters. The van der Waals surface area contributed by atoms with E-state index in [-0.39, 0.29) is 11.9 Å². The van der Waals surface area contributed by atoms with E-state index in [0.29, 0.717) is 10.9 Å². The minimum absolute atomic E-state index is 0.186. The van der Waals surface area contributed by atoms with Gasteiger partial charge in [-0.15, -0.1) is 11.8 Å². The Morgan fingerprint density at radius 1 is 1.62 bits per heavy atom. The third-order valence-corrected chi connectivity index (χ3v) is 2.41. The summed E-state index contributed by atoms with van der Waals surface area (Å²) >= 11 is 1.29. The molecule has 0 aromatic rings. The molecule has 1 heterocycles. The Morgan fingerprint density at radius 2 is 2.23 bits per heavy atom. The molecule has 2 nitrogen and oxygen atoms in total.